The highest BCUT2D eigenvalue weighted by molar-refractivity contribution is 6.32. The first kappa shape index (κ1) is 10.7. The molecule has 5 heteroatoms. The van der Waals surface area contributed by atoms with Crippen molar-refractivity contribution in [2.75, 3.05) is 5.32 Å². The van der Waals surface area contributed by atoms with Gasteiger partial charge < -0.3 is 9.73 Å². The van der Waals surface area contributed by atoms with Crippen LogP contribution in [0.1, 0.15) is 16.1 Å². The van der Waals surface area contributed by atoms with Crippen molar-refractivity contribution in [2.45, 2.75) is 6.92 Å². The van der Waals surface area contributed by atoms with Crippen LogP contribution in [0.4, 0.5) is 5.82 Å². The number of hydrogen-bond acceptors (Lipinski definition) is 3. The molecule has 0 aliphatic rings. The molecule has 4 nitrogen and oxygen atoms in total. The van der Waals surface area contributed by atoms with Crippen LogP contribution in [-0.2, 0) is 0 Å². The van der Waals surface area contributed by atoms with Crippen LogP contribution in [-0.4, -0.2) is 10.9 Å². The monoisotopic (exact) mass is 236 g/mol. The van der Waals surface area contributed by atoms with Crippen LogP contribution in [0.15, 0.2) is 34.9 Å². The maximum absolute atomic E-state index is 11.7. The van der Waals surface area contributed by atoms with E-state index in [4.69, 9.17) is 16.0 Å². The van der Waals surface area contributed by atoms with Gasteiger partial charge in [0.2, 0.25) is 5.22 Å². The molecule has 0 aromatic carbocycles. The minimum Gasteiger partial charge on any atom is -0.452 e. The summed E-state index contributed by atoms with van der Waals surface area (Å²) in [7, 11) is 0. The van der Waals surface area contributed by atoms with Crippen molar-refractivity contribution < 1.29 is 9.21 Å². The molecule has 0 atom stereocenters. The molecule has 1 N–H and O–H groups in total. The average molecular weight is 237 g/mol. The zero-order chi connectivity index (χ0) is 11.5. The first-order valence-corrected chi connectivity index (χ1v) is 5.02. The molecular weight excluding hydrogens is 228 g/mol. The van der Waals surface area contributed by atoms with E-state index in [0.29, 0.717) is 11.4 Å². The Morgan fingerprint density at radius 1 is 1.44 bits per heavy atom. The molecule has 0 radical (unpaired) electrons. The molecule has 0 aliphatic carbocycles. The van der Waals surface area contributed by atoms with Gasteiger partial charge in [-0.25, -0.2) is 4.98 Å². The van der Waals surface area contributed by atoms with Crippen LogP contribution in [0.2, 0.25) is 5.22 Å². The average Bonchev–Trinajstić information content (AvgIpc) is 2.64. The van der Waals surface area contributed by atoms with E-state index in [1.165, 1.54) is 12.3 Å². The Kier molecular flexibility index (Phi) is 2.92. The molecule has 2 aromatic rings. The number of halogens is 1. The molecule has 0 saturated carbocycles. The Labute approximate surface area is 97.2 Å². The van der Waals surface area contributed by atoms with Gasteiger partial charge in [-0.05, 0) is 36.7 Å². The minimum atomic E-state index is -0.336. The number of amides is 1. The summed E-state index contributed by atoms with van der Waals surface area (Å²) >= 11 is 5.68. The highest BCUT2D eigenvalue weighted by atomic mass is 35.5. The lowest BCUT2D eigenvalue weighted by Gasteiger charge is -2.03. The van der Waals surface area contributed by atoms with Gasteiger partial charge in [-0.3, -0.25) is 4.79 Å². The molecule has 82 valence electrons. The molecule has 2 rings (SSSR count). The highest BCUT2D eigenvalue weighted by Crippen LogP contribution is 2.17. The van der Waals surface area contributed by atoms with Crippen LogP contribution in [0.3, 0.4) is 0 Å². The highest BCUT2D eigenvalue weighted by Gasteiger charge is 2.13. The smallest absolute Gasteiger partial charge is 0.261 e. The second kappa shape index (κ2) is 4.37. The van der Waals surface area contributed by atoms with E-state index in [1.54, 1.807) is 6.07 Å². The van der Waals surface area contributed by atoms with E-state index >= 15 is 0 Å². The van der Waals surface area contributed by atoms with E-state index in [-0.39, 0.29) is 11.1 Å². The molecule has 0 bridgehead atoms. The van der Waals surface area contributed by atoms with Gasteiger partial charge in [0.25, 0.3) is 5.91 Å². The van der Waals surface area contributed by atoms with Crippen molar-refractivity contribution in [3.63, 3.8) is 0 Å². The van der Waals surface area contributed by atoms with Gasteiger partial charge >= 0.3 is 0 Å². The molecule has 0 unspecified atom stereocenters. The Hall–Kier alpha value is -1.81. The fourth-order valence-electron chi connectivity index (χ4n) is 1.25. The van der Waals surface area contributed by atoms with E-state index in [0.717, 1.165) is 5.69 Å². The van der Waals surface area contributed by atoms with Gasteiger partial charge in [0.1, 0.15) is 5.82 Å². The number of carbonyl (C=O) groups excluding carboxylic acids is 1. The van der Waals surface area contributed by atoms with Crippen LogP contribution < -0.4 is 5.32 Å². The van der Waals surface area contributed by atoms with Gasteiger partial charge in [-0.1, -0.05) is 6.07 Å². The third kappa shape index (κ3) is 2.23. The Morgan fingerprint density at radius 3 is 2.88 bits per heavy atom. The summed E-state index contributed by atoms with van der Waals surface area (Å²) in [5, 5.41) is 2.71. The lowest BCUT2D eigenvalue weighted by atomic mass is 10.3. The summed E-state index contributed by atoms with van der Waals surface area (Å²) in [5.41, 5.74) is 1.13. The molecule has 0 fully saturated rings. The van der Waals surface area contributed by atoms with E-state index in [9.17, 15) is 4.79 Å². The molecule has 0 spiro atoms. The Balaban J connectivity index is 2.17. The zero-order valence-corrected chi connectivity index (χ0v) is 9.28. The lowest BCUT2D eigenvalue weighted by molar-refractivity contribution is 0.102. The standard InChI is InChI=1S/C11H9ClN2O2/c1-7-3-2-4-9(13-7)14-11(15)8-5-6-16-10(8)12/h2-6H,1H3,(H,13,14,15). The minimum absolute atomic E-state index is 0.0742. The molecule has 0 saturated heterocycles. The van der Waals surface area contributed by atoms with Crippen molar-refractivity contribution >= 4 is 23.3 Å². The maximum atomic E-state index is 11.7. The number of pyridine rings is 1. The third-order valence-electron chi connectivity index (χ3n) is 1.99. The fourth-order valence-corrected chi connectivity index (χ4v) is 1.45. The van der Waals surface area contributed by atoms with Crippen molar-refractivity contribution in [1.29, 1.82) is 0 Å². The first-order valence-electron chi connectivity index (χ1n) is 4.65. The topological polar surface area (TPSA) is 55.1 Å². The Morgan fingerprint density at radius 2 is 2.25 bits per heavy atom. The number of carbonyl (C=O) groups is 1. The van der Waals surface area contributed by atoms with Crippen molar-refractivity contribution in [3.8, 4) is 0 Å². The van der Waals surface area contributed by atoms with E-state index in [1.807, 2.05) is 19.1 Å². The molecule has 16 heavy (non-hydrogen) atoms. The predicted octanol–water partition coefficient (Wildman–Crippen LogP) is 2.89. The summed E-state index contributed by atoms with van der Waals surface area (Å²) in [6.45, 7) is 1.85. The molecular formula is C11H9ClN2O2. The second-order valence-electron chi connectivity index (χ2n) is 3.23. The predicted molar refractivity (Wildman–Crippen MR) is 60.6 cm³/mol. The number of furan rings is 1. The van der Waals surface area contributed by atoms with E-state index < -0.39 is 0 Å². The van der Waals surface area contributed by atoms with Gasteiger partial charge in [-0.2, -0.15) is 0 Å². The first-order chi connectivity index (χ1) is 7.66. The number of hydrogen-bond donors (Lipinski definition) is 1. The molecule has 0 aliphatic heterocycles. The summed E-state index contributed by atoms with van der Waals surface area (Å²) in [5.74, 6) is 0.152. The van der Waals surface area contributed by atoms with Crippen LogP contribution in [0.25, 0.3) is 0 Å². The Bertz CT molecular complexity index is 522. The number of aryl methyl sites for hydroxylation is 1. The summed E-state index contributed by atoms with van der Waals surface area (Å²) in [6, 6.07) is 6.88. The van der Waals surface area contributed by atoms with Crippen molar-refractivity contribution in [2.24, 2.45) is 0 Å². The summed E-state index contributed by atoms with van der Waals surface area (Å²) in [6.07, 6.45) is 1.36. The van der Waals surface area contributed by atoms with Crippen LogP contribution >= 0.6 is 11.6 Å². The number of anilines is 1. The van der Waals surface area contributed by atoms with Gasteiger partial charge in [0.15, 0.2) is 0 Å². The van der Waals surface area contributed by atoms with Gasteiger partial charge in [-0.15, -0.1) is 0 Å². The van der Waals surface area contributed by atoms with Crippen molar-refractivity contribution in [3.05, 3.63) is 47.0 Å². The molecule has 2 heterocycles. The fraction of sp³-hybridized carbons (Fsp3) is 0.0909. The number of nitrogens with zero attached hydrogens (tertiary/aromatic N) is 1. The normalized spacial score (nSPS) is 10.1. The quantitative estimate of drug-likeness (QED) is 0.872. The van der Waals surface area contributed by atoms with E-state index in [2.05, 4.69) is 10.3 Å². The third-order valence-corrected chi connectivity index (χ3v) is 2.29. The summed E-state index contributed by atoms with van der Waals surface area (Å²) in [4.78, 5) is 15.9. The summed E-state index contributed by atoms with van der Waals surface area (Å²) < 4.78 is 4.83. The molecule has 2 aromatic heterocycles. The number of rotatable bonds is 2. The number of aromatic nitrogens is 1. The molecule has 1 amide bonds. The maximum Gasteiger partial charge on any atom is 0.261 e. The largest absolute Gasteiger partial charge is 0.452 e. The number of nitrogens with one attached hydrogen (secondary N) is 1. The van der Waals surface area contributed by atoms with Crippen LogP contribution in [0.5, 0.6) is 0 Å². The van der Waals surface area contributed by atoms with Crippen LogP contribution in [0, 0.1) is 6.92 Å². The SMILES string of the molecule is Cc1cccc(NC(=O)c2ccoc2Cl)n1. The van der Waals surface area contributed by atoms with Gasteiger partial charge in [0.05, 0.1) is 11.8 Å². The lowest BCUT2D eigenvalue weighted by Crippen LogP contribution is -2.12. The van der Waals surface area contributed by atoms with Crippen molar-refractivity contribution in [1.82, 2.24) is 4.98 Å². The zero-order valence-electron chi connectivity index (χ0n) is 8.53. The van der Waals surface area contributed by atoms with Gasteiger partial charge in [0, 0.05) is 5.69 Å². The second-order valence-corrected chi connectivity index (χ2v) is 3.57.